The molecule has 0 aliphatic carbocycles. The fourth-order valence-electron chi connectivity index (χ4n) is 2.81. The Balaban J connectivity index is 1.52. The number of carbonyl (C=O) groups is 1. The SMILES string of the molecule is Cc1ccc(-c2nc(COC(=O)c3sc4ncn(C)c(=O)c4c3C)co2)cc1. The van der Waals surface area contributed by atoms with Gasteiger partial charge in [-0.15, -0.1) is 11.3 Å². The van der Waals surface area contributed by atoms with E-state index in [-0.39, 0.29) is 12.2 Å². The summed E-state index contributed by atoms with van der Waals surface area (Å²) >= 11 is 1.15. The van der Waals surface area contributed by atoms with E-state index >= 15 is 0 Å². The molecule has 0 saturated heterocycles. The summed E-state index contributed by atoms with van der Waals surface area (Å²) in [5.41, 5.74) is 2.91. The summed E-state index contributed by atoms with van der Waals surface area (Å²) in [6.45, 7) is 3.71. The van der Waals surface area contributed by atoms with Gasteiger partial charge in [-0.05, 0) is 31.5 Å². The number of hydrogen-bond donors (Lipinski definition) is 0. The molecule has 4 rings (SSSR count). The van der Waals surface area contributed by atoms with Crippen molar-refractivity contribution >= 4 is 27.5 Å². The van der Waals surface area contributed by atoms with Crippen molar-refractivity contribution in [1.82, 2.24) is 14.5 Å². The molecule has 0 bridgehead atoms. The van der Waals surface area contributed by atoms with E-state index in [0.29, 0.717) is 32.2 Å². The molecule has 0 aliphatic heterocycles. The fraction of sp³-hybridized carbons (Fsp3) is 0.200. The maximum absolute atomic E-state index is 12.5. The fourth-order valence-corrected chi connectivity index (χ4v) is 3.84. The van der Waals surface area contributed by atoms with Crippen molar-refractivity contribution in [3.8, 4) is 11.5 Å². The van der Waals surface area contributed by atoms with Crippen molar-refractivity contribution in [1.29, 1.82) is 0 Å². The van der Waals surface area contributed by atoms with Gasteiger partial charge in [0.25, 0.3) is 5.56 Å². The zero-order chi connectivity index (χ0) is 19.8. The van der Waals surface area contributed by atoms with E-state index in [2.05, 4.69) is 9.97 Å². The Morgan fingerprint density at radius 3 is 2.75 bits per heavy atom. The van der Waals surface area contributed by atoms with Gasteiger partial charge in [-0.1, -0.05) is 17.7 Å². The summed E-state index contributed by atoms with van der Waals surface area (Å²) in [5, 5.41) is 0.449. The summed E-state index contributed by atoms with van der Waals surface area (Å²) < 4.78 is 12.2. The van der Waals surface area contributed by atoms with Gasteiger partial charge >= 0.3 is 5.97 Å². The quantitative estimate of drug-likeness (QED) is 0.491. The predicted octanol–water partition coefficient (Wildman–Crippen LogP) is 3.62. The Morgan fingerprint density at radius 2 is 2.00 bits per heavy atom. The summed E-state index contributed by atoms with van der Waals surface area (Å²) in [4.78, 5) is 34.3. The number of aromatic nitrogens is 3. The molecule has 0 spiro atoms. The number of carbonyl (C=O) groups excluding carboxylic acids is 1. The zero-order valence-electron chi connectivity index (χ0n) is 15.6. The summed E-state index contributed by atoms with van der Waals surface area (Å²) in [6.07, 6.45) is 2.91. The molecule has 0 unspecified atom stereocenters. The number of rotatable bonds is 4. The maximum Gasteiger partial charge on any atom is 0.349 e. The van der Waals surface area contributed by atoms with E-state index < -0.39 is 5.97 Å². The molecular weight excluding hydrogens is 378 g/mol. The topological polar surface area (TPSA) is 87.2 Å². The molecule has 0 amide bonds. The van der Waals surface area contributed by atoms with Gasteiger partial charge in [-0.3, -0.25) is 4.79 Å². The first kappa shape index (κ1) is 18.1. The standard InChI is InChI=1S/C20H17N3O4S/c1-11-4-6-13(7-5-11)17-22-14(8-26-17)9-27-20(25)16-12(2)15-18(28-16)21-10-23(3)19(15)24/h4-8,10H,9H2,1-3H3. The highest BCUT2D eigenvalue weighted by molar-refractivity contribution is 7.20. The number of fused-ring (bicyclic) bond motifs is 1. The Kier molecular flexibility index (Phi) is 4.56. The Labute approximate surface area is 164 Å². The van der Waals surface area contributed by atoms with Crippen LogP contribution in [0.3, 0.4) is 0 Å². The van der Waals surface area contributed by atoms with Gasteiger partial charge in [0.15, 0.2) is 0 Å². The monoisotopic (exact) mass is 395 g/mol. The van der Waals surface area contributed by atoms with E-state index in [1.165, 1.54) is 17.2 Å². The number of thiophene rings is 1. The number of esters is 1. The van der Waals surface area contributed by atoms with Crippen molar-refractivity contribution in [3.05, 3.63) is 68.9 Å². The second-order valence-electron chi connectivity index (χ2n) is 6.48. The number of ether oxygens (including phenoxy) is 1. The van der Waals surface area contributed by atoms with Crippen molar-refractivity contribution < 1.29 is 13.9 Å². The number of hydrogen-bond acceptors (Lipinski definition) is 7. The summed E-state index contributed by atoms with van der Waals surface area (Å²) in [6, 6.07) is 7.79. The number of oxazole rings is 1. The van der Waals surface area contributed by atoms with E-state index in [4.69, 9.17) is 9.15 Å². The van der Waals surface area contributed by atoms with Crippen LogP contribution in [0, 0.1) is 13.8 Å². The van der Waals surface area contributed by atoms with Gasteiger partial charge in [-0.25, -0.2) is 14.8 Å². The van der Waals surface area contributed by atoms with Gasteiger partial charge in [0.05, 0.1) is 11.7 Å². The van der Waals surface area contributed by atoms with Crippen LogP contribution in [0.25, 0.3) is 21.7 Å². The minimum atomic E-state index is -0.512. The van der Waals surface area contributed by atoms with Crippen LogP contribution in [0.5, 0.6) is 0 Å². The predicted molar refractivity (Wildman–Crippen MR) is 105 cm³/mol. The third-order valence-corrected chi connectivity index (χ3v) is 5.58. The minimum absolute atomic E-state index is 0.0205. The van der Waals surface area contributed by atoms with Crippen LogP contribution in [0.4, 0.5) is 0 Å². The Hall–Kier alpha value is -3.26. The lowest BCUT2D eigenvalue weighted by Crippen LogP contribution is -2.16. The van der Waals surface area contributed by atoms with E-state index in [9.17, 15) is 9.59 Å². The third kappa shape index (κ3) is 3.22. The van der Waals surface area contributed by atoms with Gasteiger partial charge < -0.3 is 13.7 Å². The molecule has 0 N–H and O–H groups in total. The Morgan fingerprint density at radius 1 is 1.25 bits per heavy atom. The second kappa shape index (κ2) is 7.05. The molecule has 3 aromatic heterocycles. The van der Waals surface area contributed by atoms with Crippen molar-refractivity contribution in [2.75, 3.05) is 0 Å². The maximum atomic E-state index is 12.5. The molecule has 3 heterocycles. The average Bonchev–Trinajstić information content (AvgIpc) is 3.29. The van der Waals surface area contributed by atoms with Crippen LogP contribution in [0.15, 0.2) is 46.1 Å². The normalized spacial score (nSPS) is 11.1. The van der Waals surface area contributed by atoms with Gasteiger partial charge in [0, 0.05) is 12.6 Å². The third-order valence-electron chi connectivity index (χ3n) is 4.40. The first-order chi connectivity index (χ1) is 13.4. The van der Waals surface area contributed by atoms with Gasteiger partial charge in [-0.2, -0.15) is 0 Å². The van der Waals surface area contributed by atoms with E-state index in [0.717, 1.165) is 22.5 Å². The van der Waals surface area contributed by atoms with Crippen LogP contribution in [0.1, 0.15) is 26.5 Å². The molecule has 4 aromatic rings. The van der Waals surface area contributed by atoms with Crippen LogP contribution >= 0.6 is 11.3 Å². The number of aryl methyl sites for hydroxylation is 3. The van der Waals surface area contributed by atoms with Crippen molar-refractivity contribution in [3.63, 3.8) is 0 Å². The highest BCUT2D eigenvalue weighted by Gasteiger charge is 2.20. The molecule has 0 fully saturated rings. The highest BCUT2D eigenvalue weighted by atomic mass is 32.1. The van der Waals surface area contributed by atoms with Crippen molar-refractivity contribution in [2.24, 2.45) is 7.05 Å². The average molecular weight is 395 g/mol. The van der Waals surface area contributed by atoms with Crippen LogP contribution in [-0.2, 0) is 18.4 Å². The van der Waals surface area contributed by atoms with Crippen LogP contribution < -0.4 is 5.56 Å². The first-order valence-corrected chi connectivity index (χ1v) is 9.39. The molecule has 0 radical (unpaired) electrons. The van der Waals surface area contributed by atoms with E-state index in [1.54, 1.807) is 14.0 Å². The Bertz CT molecular complexity index is 1230. The molecule has 28 heavy (non-hydrogen) atoms. The van der Waals surface area contributed by atoms with Crippen LogP contribution in [0.2, 0.25) is 0 Å². The largest absolute Gasteiger partial charge is 0.455 e. The van der Waals surface area contributed by atoms with Gasteiger partial charge in [0.1, 0.15) is 28.3 Å². The number of nitrogens with zero attached hydrogens (tertiary/aromatic N) is 3. The first-order valence-electron chi connectivity index (χ1n) is 8.57. The van der Waals surface area contributed by atoms with Crippen molar-refractivity contribution in [2.45, 2.75) is 20.5 Å². The summed E-state index contributed by atoms with van der Waals surface area (Å²) in [7, 11) is 1.63. The zero-order valence-corrected chi connectivity index (χ0v) is 16.4. The molecule has 0 atom stereocenters. The molecule has 0 saturated carbocycles. The van der Waals surface area contributed by atoms with Crippen LogP contribution in [-0.4, -0.2) is 20.5 Å². The molecule has 0 aliphatic rings. The second-order valence-corrected chi connectivity index (χ2v) is 7.48. The lowest BCUT2D eigenvalue weighted by atomic mass is 10.1. The lowest BCUT2D eigenvalue weighted by molar-refractivity contribution is 0.0473. The molecule has 7 nitrogen and oxygen atoms in total. The molecule has 8 heteroatoms. The van der Waals surface area contributed by atoms with Gasteiger partial charge in [0.2, 0.25) is 5.89 Å². The van der Waals surface area contributed by atoms with E-state index in [1.807, 2.05) is 31.2 Å². The summed E-state index contributed by atoms with van der Waals surface area (Å²) in [5.74, 6) is -0.0424. The molecule has 142 valence electrons. The molecule has 1 aromatic carbocycles. The lowest BCUT2D eigenvalue weighted by Gasteiger charge is -2.01. The smallest absolute Gasteiger partial charge is 0.349 e. The molecular formula is C20H17N3O4S. The number of benzene rings is 1. The highest BCUT2D eigenvalue weighted by Crippen LogP contribution is 2.27. The minimum Gasteiger partial charge on any atom is -0.455 e.